The molecule has 0 amide bonds. The predicted octanol–water partition coefficient (Wildman–Crippen LogP) is 1.71. The molecule has 57 heavy (non-hydrogen) atoms. The molecule has 0 spiro atoms. The molecule has 12 nitrogen and oxygen atoms in total. The molecule has 1 aromatic heterocycles. The van der Waals surface area contributed by atoms with E-state index in [0.717, 1.165) is 24.4 Å². The number of nitrogens with zero attached hydrogens (tertiary/aromatic N) is 12. The van der Waals surface area contributed by atoms with Crippen molar-refractivity contribution in [3.05, 3.63) is 30.1 Å². The van der Waals surface area contributed by atoms with Gasteiger partial charge in [0.05, 0.1) is 0 Å². The van der Waals surface area contributed by atoms with Gasteiger partial charge in [0.15, 0.2) is 0 Å². The lowest BCUT2D eigenvalue weighted by Gasteiger charge is -2.41. The lowest BCUT2D eigenvalue weighted by molar-refractivity contribution is 0.0742. The van der Waals surface area contributed by atoms with Gasteiger partial charge in [-0.2, -0.15) is 0 Å². The van der Waals surface area contributed by atoms with Crippen LogP contribution in [0.25, 0.3) is 0 Å². The van der Waals surface area contributed by atoms with E-state index in [2.05, 4.69) is 120 Å². The SMILES string of the molecule is CN1CCC(CN2CCN(C)CC2)CC1.CN1CCC(N2CCN(C)CC2)CC1.CN1CCN(C2CCN(C)C2)CC1.CN1CCN(CCc2ccncc2)CC1. The fourth-order valence-corrected chi connectivity index (χ4v) is 9.49. The lowest BCUT2D eigenvalue weighted by Crippen LogP contribution is -2.51. The number of piperazine rings is 4. The van der Waals surface area contributed by atoms with Crippen LogP contribution in [-0.4, -0.2) is 277 Å². The maximum absolute atomic E-state index is 4.03. The summed E-state index contributed by atoms with van der Waals surface area (Å²) in [6, 6.07) is 5.94. The molecule has 0 radical (unpaired) electrons. The Bertz CT molecular complexity index is 1110. The normalized spacial score (nSPS) is 27.6. The van der Waals surface area contributed by atoms with E-state index < -0.39 is 0 Å². The highest BCUT2D eigenvalue weighted by atomic mass is 15.3. The minimum Gasteiger partial charge on any atom is -0.306 e. The fourth-order valence-electron chi connectivity index (χ4n) is 9.49. The third-order valence-electron chi connectivity index (χ3n) is 14.2. The lowest BCUT2D eigenvalue weighted by atomic mass is 9.96. The molecule has 0 aliphatic carbocycles. The maximum atomic E-state index is 4.03. The van der Waals surface area contributed by atoms with Crippen LogP contribution >= 0.6 is 0 Å². The van der Waals surface area contributed by atoms with Crippen LogP contribution in [0.1, 0.15) is 37.7 Å². The monoisotopic (exact) mass is 797 g/mol. The zero-order chi connectivity index (χ0) is 40.4. The summed E-state index contributed by atoms with van der Waals surface area (Å²) < 4.78 is 0. The molecule has 7 aliphatic rings. The Kier molecular flexibility index (Phi) is 20.9. The van der Waals surface area contributed by atoms with Gasteiger partial charge in [-0.1, -0.05) is 0 Å². The van der Waals surface area contributed by atoms with Gasteiger partial charge >= 0.3 is 0 Å². The van der Waals surface area contributed by atoms with Crippen LogP contribution < -0.4 is 0 Å². The van der Waals surface area contributed by atoms with Gasteiger partial charge in [0.25, 0.3) is 0 Å². The van der Waals surface area contributed by atoms with Crippen molar-refractivity contribution in [2.24, 2.45) is 5.92 Å². The smallest absolute Gasteiger partial charge is 0.0270 e. The van der Waals surface area contributed by atoms with E-state index in [9.17, 15) is 0 Å². The Morgan fingerprint density at radius 1 is 0.421 bits per heavy atom. The van der Waals surface area contributed by atoms with E-state index in [1.54, 1.807) is 0 Å². The first-order valence-electron chi connectivity index (χ1n) is 23.2. The van der Waals surface area contributed by atoms with Crippen molar-refractivity contribution in [1.29, 1.82) is 0 Å². The summed E-state index contributed by atoms with van der Waals surface area (Å²) in [5, 5.41) is 0. The zero-order valence-corrected chi connectivity index (χ0v) is 38.1. The molecular formula is C45H88N12. The van der Waals surface area contributed by atoms with Crippen molar-refractivity contribution in [2.75, 3.05) is 206 Å². The Balaban J connectivity index is 0.000000145. The first kappa shape index (κ1) is 46.8. The van der Waals surface area contributed by atoms with Gasteiger partial charge in [0, 0.05) is 149 Å². The quantitative estimate of drug-likeness (QED) is 0.405. The van der Waals surface area contributed by atoms with Crippen LogP contribution in [0.2, 0.25) is 0 Å². The summed E-state index contributed by atoms with van der Waals surface area (Å²) in [5.41, 5.74) is 1.39. The number of piperidine rings is 2. The molecule has 0 saturated carbocycles. The summed E-state index contributed by atoms with van der Waals surface area (Å²) >= 11 is 0. The largest absolute Gasteiger partial charge is 0.306 e. The number of likely N-dealkylation sites (tertiary alicyclic amines) is 3. The number of likely N-dealkylation sites (N-methyl/N-ethyl adjacent to an activating group) is 5. The molecule has 7 aliphatic heterocycles. The Morgan fingerprint density at radius 2 is 0.807 bits per heavy atom. The van der Waals surface area contributed by atoms with Crippen LogP contribution in [-0.2, 0) is 6.42 Å². The molecule has 8 heterocycles. The van der Waals surface area contributed by atoms with Crippen LogP contribution in [0.15, 0.2) is 24.5 Å². The van der Waals surface area contributed by atoms with Crippen molar-refractivity contribution in [3.8, 4) is 0 Å². The Morgan fingerprint density at radius 3 is 1.28 bits per heavy atom. The number of hydrogen-bond acceptors (Lipinski definition) is 12. The molecule has 8 rings (SSSR count). The van der Waals surface area contributed by atoms with Gasteiger partial charge in [0.1, 0.15) is 0 Å². The maximum Gasteiger partial charge on any atom is 0.0270 e. The van der Waals surface area contributed by atoms with Crippen LogP contribution in [0.4, 0.5) is 0 Å². The molecular weight excluding hydrogens is 709 g/mol. The fraction of sp³-hybridized carbons (Fsp3) is 0.889. The average molecular weight is 797 g/mol. The zero-order valence-electron chi connectivity index (χ0n) is 38.1. The van der Waals surface area contributed by atoms with Crippen molar-refractivity contribution < 1.29 is 0 Å². The summed E-state index contributed by atoms with van der Waals surface area (Å²) in [5.74, 6) is 0.963. The second-order valence-corrected chi connectivity index (χ2v) is 19.0. The topological polar surface area (TPSA) is 48.5 Å². The van der Waals surface area contributed by atoms with Gasteiger partial charge in [0.2, 0.25) is 0 Å². The van der Waals surface area contributed by atoms with Gasteiger partial charge < -0.3 is 44.1 Å². The number of aromatic nitrogens is 1. The van der Waals surface area contributed by atoms with Gasteiger partial charge in [-0.15, -0.1) is 0 Å². The second-order valence-electron chi connectivity index (χ2n) is 19.0. The highest BCUT2D eigenvalue weighted by Crippen LogP contribution is 2.19. The van der Waals surface area contributed by atoms with E-state index >= 15 is 0 Å². The van der Waals surface area contributed by atoms with Crippen molar-refractivity contribution in [2.45, 2.75) is 50.6 Å². The molecule has 0 N–H and O–H groups in total. The molecule has 1 unspecified atom stereocenters. The molecule has 1 atom stereocenters. The number of pyridine rings is 1. The first-order valence-corrected chi connectivity index (χ1v) is 23.2. The Labute approximate surface area is 351 Å². The number of hydrogen-bond donors (Lipinski definition) is 0. The van der Waals surface area contributed by atoms with Gasteiger partial charge in [-0.3, -0.25) is 14.8 Å². The summed E-state index contributed by atoms with van der Waals surface area (Å²) in [4.78, 5) is 31.7. The predicted molar refractivity (Wildman–Crippen MR) is 241 cm³/mol. The van der Waals surface area contributed by atoms with E-state index in [4.69, 9.17) is 0 Å². The average Bonchev–Trinajstić information content (AvgIpc) is 3.67. The minimum atomic E-state index is 0.846. The van der Waals surface area contributed by atoms with Gasteiger partial charge in [-0.25, -0.2) is 0 Å². The highest BCUT2D eigenvalue weighted by molar-refractivity contribution is 5.10. The Hall–Kier alpha value is -1.29. The van der Waals surface area contributed by atoms with Crippen molar-refractivity contribution in [3.63, 3.8) is 0 Å². The molecule has 7 saturated heterocycles. The van der Waals surface area contributed by atoms with E-state index in [1.807, 2.05) is 12.4 Å². The molecule has 0 bridgehead atoms. The van der Waals surface area contributed by atoms with Crippen LogP contribution in [0.5, 0.6) is 0 Å². The van der Waals surface area contributed by atoms with Crippen molar-refractivity contribution >= 4 is 0 Å². The molecule has 7 fully saturated rings. The molecule has 328 valence electrons. The van der Waals surface area contributed by atoms with E-state index in [-0.39, 0.29) is 0 Å². The van der Waals surface area contributed by atoms with Crippen molar-refractivity contribution in [1.82, 2.24) is 58.9 Å². The third kappa shape index (κ3) is 17.7. The first-order chi connectivity index (χ1) is 27.6. The third-order valence-corrected chi connectivity index (χ3v) is 14.2. The summed E-state index contributed by atoms with van der Waals surface area (Å²) in [7, 11) is 15.6. The summed E-state index contributed by atoms with van der Waals surface area (Å²) in [6.45, 7) is 30.3. The number of rotatable bonds is 7. The highest BCUT2D eigenvalue weighted by Gasteiger charge is 2.28. The van der Waals surface area contributed by atoms with E-state index in [0.29, 0.717) is 0 Å². The minimum absolute atomic E-state index is 0.846. The van der Waals surface area contributed by atoms with E-state index in [1.165, 1.54) is 195 Å². The van der Waals surface area contributed by atoms with Gasteiger partial charge in [-0.05, 0) is 144 Å². The molecule has 1 aromatic rings. The van der Waals surface area contributed by atoms with Crippen LogP contribution in [0.3, 0.4) is 0 Å². The van der Waals surface area contributed by atoms with Crippen LogP contribution in [0, 0.1) is 5.92 Å². The molecule has 0 aromatic carbocycles. The molecule has 12 heteroatoms. The summed E-state index contributed by atoms with van der Waals surface area (Å²) in [6.07, 6.45) is 11.8. The standard InChI is InChI=1S/C12H25N3.C12H19N3.C11H23N3.C10H21N3/c1-13-5-3-12(4-6-13)11-15-9-7-14(2)8-10-15;1-14-8-10-15(11-9-14)7-4-12-2-5-13-6-3-12;1-12-5-3-11(4-6-12)14-9-7-13(2)8-10-14;1-11-5-7-13(8-6-11)10-3-4-12(2)9-10/h12H,3-11H2,1-2H3;2-3,5-6H,4,7-11H2,1H3;11H,3-10H2,1-2H3;10H,3-9H2,1-2H3. The second kappa shape index (κ2) is 25.5.